The molecule has 1 heterocycles. The summed E-state index contributed by atoms with van der Waals surface area (Å²) >= 11 is 0. The number of sulfonamides is 2. The van der Waals surface area contributed by atoms with Gasteiger partial charge in [0.05, 0.1) is 11.2 Å². The molecule has 0 saturated carbocycles. The van der Waals surface area contributed by atoms with Crippen molar-refractivity contribution in [2.24, 2.45) is 0 Å². The van der Waals surface area contributed by atoms with Crippen molar-refractivity contribution >= 4 is 26.0 Å². The number of carbonyl (C=O) groups excluding carboxylic acids is 1. The van der Waals surface area contributed by atoms with E-state index < -0.39 is 32.0 Å². The minimum Gasteiger partial charge on any atom is -0.489 e. The molecular weight excluding hydrogens is 496 g/mol. The van der Waals surface area contributed by atoms with Crippen LogP contribution in [0.15, 0.2) is 59.5 Å². The third-order valence-corrected chi connectivity index (χ3v) is 8.95. The van der Waals surface area contributed by atoms with E-state index in [1.165, 1.54) is 23.5 Å². The minimum absolute atomic E-state index is 0.0251. The number of amides is 1. The average Bonchev–Trinajstić information content (AvgIpc) is 2.85. The van der Waals surface area contributed by atoms with Crippen molar-refractivity contribution in [3.05, 3.63) is 60.2 Å². The highest BCUT2D eigenvalue weighted by atomic mass is 32.2. The molecule has 0 spiro atoms. The number of nitrogens with one attached hydrogen (secondary N) is 1. The molecule has 35 heavy (non-hydrogen) atoms. The van der Waals surface area contributed by atoms with E-state index >= 15 is 0 Å². The van der Waals surface area contributed by atoms with Gasteiger partial charge in [-0.3, -0.25) is 14.9 Å². The number of nitrogens with zero attached hydrogens (tertiary/aromatic N) is 3. The molecule has 3 rings (SSSR count). The number of hydroxylamine groups is 1. The van der Waals surface area contributed by atoms with Crippen molar-refractivity contribution in [2.75, 3.05) is 46.0 Å². The number of benzene rings is 2. The summed E-state index contributed by atoms with van der Waals surface area (Å²) in [6.45, 7) is 0.861. The Bertz CT molecular complexity index is 1200. The van der Waals surface area contributed by atoms with Crippen molar-refractivity contribution in [3.63, 3.8) is 0 Å². The van der Waals surface area contributed by atoms with Gasteiger partial charge in [-0.1, -0.05) is 30.3 Å². The molecule has 1 fully saturated rings. The van der Waals surface area contributed by atoms with Crippen LogP contribution >= 0.6 is 0 Å². The van der Waals surface area contributed by atoms with E-state index in [2.05, 4.69) is 0 Å². The Morgan fingerprint density at radius 3 is 2.17 bits per heavy atom. The smallest absolute Gasteiger partial charge is 0.262 e. The first-order valence-corrected chi connectivity index (χ1v) is 14.2. The SMILES string of the molecule is CN(CC(C(=O)NO)N1CCN(S(C)(=O)=O)CC1)S(=O)(=O)c1ccc(OCc2ccccc2)cc1. The third-order valence-electron chi connectivity index (χ3n) is 5.81. The van der Waals surface area contributed by atoms with Crippen LogP contribution in [0.1, 0.15) is 5.56 Å². The first-order chi connectivity index (χ1) is 16.5. The summed E-state index contributed by atoms with van der Waals surface area (Å²) in [4.78, 5) is 14.0. The zero-order valence-corrected chi connectivity index (χ0v) is 21.2. The van der Waals surface area contributed by atoms with Crippen LogP contribution in [-0.2, 0) is 31.4 Å². The number of hydrogen-bond donors (Lipinski definition) is 2. The predicted molar refractivity (Wildman–Crippen MR) is 129 cm³/mol. The topological polar surface area (TPSA) is 137 Å². The van der Waals surface area contributed by atoms with Crippen LogP contribution in [0.3, 0.4) is 0 Å². The monoisotopic (exact) mass is 526 g/mol. The Balaban J connectivity index is 1.66. The molecule has 1 unspecified atom stereocenters. The first kappa shape index (κ1) is 27.0. The Kier molecular flexibility index (Phi) is 8.85. The largest absolute Gasteiger partial charge is 0.489 e. The van der Waals surface area contributed by atoms with Crippen LogP contribution in [-0.4, -0.2) is 93.5 Å². The molecule has 0 aliphatic carbocycles. The molecule has 0 radical (unpaired) electrons. The van der Waals surface area contributed by atoms with E-state index in [9.17, 15) is 26.8 Å². The molecule has 2 N–H and O–H groups in total. The number of rotatable bonds is 10. The first-order valence-electron chi connectivity index (χ1n) is 10.9. The van der Waals surface area contributed by atoms with E-state index in [1.807, 2.05) is 30.3 Å². The number of hydrogen-bond acceptors (Lipinski definition) is 8. The van der Waals surface area contributed by atoms with Gasteiger partial charge in [0.15, 0.2) is 0 Å². The van der Waals surface area contributed by atoms with E-state index in [4.69, 9.17) is 4.74 Å². The lowest BCUT2D eigenvalue weighted by Crippen LogP contribution is -2.58. The number of likely N-dealkylation sites (N-methyl/N-ethyl adjacent to an activating group) is 1. The van der Waals surface area contributed by atoms with Crippen molar-refractivity contribution in [1.29, 1.82) is 0 Å². The van der Waals surface area contributed by atoms with E-state index in [-0.39, 0.29) is 37.6 Å². The summed E-state index contributed by atoms with van der Waals surface area (Å²) in [5.74, 6) is -0.263. The van der Waals surface area contributed by atoms with Gasteiger partial charge < -0.3 is 4.74 Å². The highest BCUT2D eigenvalue weighted by Crippen LogP contribution is 2.21. The maximum absolute atomic E-state index is 13.1. The Morgan fingerprint density at radius 2 is 1.63 bits per heavy atom. The second-order valence-electron chi connectivity index (χ2n) is 8.22. The Hall–Kier alpha value is -2.55. The Labute approximate surface area is 206 Å². The second-order valence-corrected chi connectivity index (χ2v) is 12.2. The summed E-state index contributed by atoms with van der Waals surface area (Å²) in [5, 5.41) is 9.20. The van der Waals surface area contributed by atoms with Crippen molar-refractivity contribution < 1.29 is 31.6 Å². The zero-order valence-electron chi connectivity index (χ0n) is 19.6. The molecule has 2 aromatic carbocycles. The van der Waals surface area contributed by atoms with Crippen LogP contribution in [0.4, 0.5) is 0 Å². The van der Waals surface area contributed by atoms with Gasteiger partial charge in [-0.2, -0.15) is 8.61 Å². The molecule has 2 aromatic rings. The average molecular weight is 527 g/mol. The molecule has 0 aromatic heterocycles. The highest BCUT2D eigenvalue weighted by Gasteiger charge is 2.34. The summed E-state index contributed by atoms with van der Waals surface area (Å²) in [6.07, 6.45) is 1.11. The standard InChI is InChI=1S/C22H30N4O7S2/c1-24(16-21(22(27)23-28)25-12-14-26(15-13-25)34(2,29)30)35(31,32)20-10-8-19(9-11-20)33-17-18-6-4-3-5-7-18/h3-11,21,28H,12-17H2,1-2H3,(H,23,27). The van der Waals surface area contributed by atoms with Gasteiger partial charge >= 0.3 is 0 Å². The molecule has 13 heteroatoms. The molecule has 192 valence electrons. The fourth-order valence-electron chi connectivity index (χ4n) is 3.76. The van der Waals surface area contributed by atoms with E-state index in [1.54, 1.807) is 22.5 Å². The second kappa shape index (κ2) is 11.5. The van der Waals surface area contributed by atoms with Gasteiger partial charge in [0.1, 0.15) is 18.4 Å². The summed E-state index contributed by atoms with van der Waals surface area (Å²) in [6, 6.07) is 14.5. The fourth-order valence-corrected chi connectivity index (χ4v) is 5.76. The van der Waals surface area contributed by atoms with E-state index in [0.29, 0.717) is 12.4 Å². The van der Waals surface area contributed by atoms with Crippen LogP contribution in [0, 0.1) is 0 Å². The zero-order chi connectivity index (χ0) is 25.6. The third kappa shape index (κ3) is 6.99. The lowest BCUT2D eigenvalue weighted by molar-refractivity contribution is -0.135. The van der Waals surface area contributed by atoms with Gasteiger partial charge in [0.25, 0.3) is 5.91 Å². The summed E-state index contributed by atoms with van der Waals surface area (Å²) < 4.78 is 57.8. The molecule has 0 bridgehead atoms. The number of carbonyl (C=O) groups is 1. The normalized spacial score (nSPS) is 16.7. The lowest BCUT2D eigenvalue weighted by atomic mass is 10.2. The highest BCUT2D eigenvalue weighted by molar-refractivity contribution is 7.89. The minimum atomic E-state index is -3.95. The molecular formula is C22H30N4O7S2. The molecule has 11 nitrogen and oxygen atoms in total. The maximum Gasteiger partial charge on any atom is 0.262 e. The number of ether oxygens (including phenoxy) is 1. The molecule has 1 aliphatic heterocycles. The van der Waals surface area contributed by atoms with Gasteiger partial charge in [-0.25, -0.2) is 22.3 Å². The van der Waals surface area contributed by atoms with Gasteiger partial charge in [-0.05, 0) is 29.8 Å². The summed E-state index contributed by atoms with van der Waals surface area (Å²) in [7, 11) is -5.97. The van der Waals surface area contributed by atoms with Gasteiger partial charge in [0.2, 0.25) is 20.0 Å². The number of piperazine rings is 1. The Morgan fingerprint density at radius 1 is 1.03 bits per heavy atom. The molecule has 1 amide bonds. The quantitative estimate of drug-likeness (QED) is 0.334. The van der Waals surface area contributed by atoms with Crippen LogP contribution < -0.4 is 10.2 Å². The van der Waals surface area contributed by atoms with Gasteiger partial charge in [0, 0.05) is 39.8 Å². The predicted octanol–water partition coefficient (Wildman–Crippen LogP) is 0.337. The maximum atomic E-state index is 13.1. The fraction of sp³-hybridized carbons (Fsp3) is 0.409. The van der Waals surface area contributed by atoms with Crippen LogP contribution in [0.5, 0.6) is 5.75 Å². The van der Waals surface area contributed by atoms with E-state index in [0.717, 1.165) is 16.1 Å². The van der Waals surface area contributed by atoms with Crippen molar-refractivity contribution in [2.45, 2.75) is 17.5 Å². The van der Waals surface area contributed by atoms with Crippen molar-refractivity contribution in [1.82, 2.24) is 19.0 Å². The molecule has 1 aliphatic rings. The lowest BCUT2D eigenvalue weighted by Gasteiger charge is -2.38. The van der Waals surface area contributed by atoms with Crippen molar-refractivity contribution in [3.8, 4) is 5.75 Å². The summed E-state index contributed by atoms with van der Waals surface area (Å²) in [5.41, 5.74) is 2.57. The van der Waals surface area contributed by atoms with Gasteiger partial charge in [-0.15, -0.1) is 0 Å². The van der Waals surface area contributed by atoms with Crippen LogP contribution in [0.2, 0.25) is 0 Å². The molecule has 1 saturated heterocycles. The van der Waals surface area contributed by atoms with Crippen LogP contribution in [0.25, 0.3) is 0 Å². The molecule has 1 atom stereocenters.